The predicted molar refractivity (Wildman–Crippen MR) is 83.3 cm³/mol. The van der Waals surface area contributed by atoms with Gasteiger partial charge in [-0.1, -0.05) is 42.5 Å². The van der Waals surface area contributed by atoms with Crippen LogP contribution in [-0.2, 0) is 12.8 Å². The molecule has 0 amide bonds. The lowest BCUT2D eigenvalue weighted by Gasteiger charge is -2.28. The van der Waals surface area contributed by atoms with E-state index in [1.165, 1.54) is 27.8 Å². The van der Waals surface area contributed by atoms with Gasteiger partial charge in [0.15, 0.2) is 0 Å². The number of phenolic OH excluding ortho intramolecular Hbond substituents is 1. The molecule has 0 spiro atoms. The second-order valence-electron chi connectivity index (χ2n) is 5.85. The molecule has 2 aromatic rings. The van der Waals surface area contributed by atoms with Crippen molar-refractivity contribution in [1.29, 1.82) is 0 Å². The summed E-state index contributed by atoms with van der Waals surface area (Å²) in [5.74, 6) is 0.769. The number of rotatable bonds is 1. The van der Waals surface area contributed by atoms with E-state index in [1.807, 2.05) is 6.07 Å². The maximum absolute atomic E-state index is 9.97. The Morgan fingerprint density at radius 2 is 1.90 bits per heavy atom. The Bertz CT molecular complexity index is 682. The number of phenols is 1. The molecule has 1 atom stereocenters. The molecule has 0 unspecified atom stereocenters. The lowest BCUT2D eigenvalue weighted by molar-refractivity contribution is 0.465. The molecule has 102 valence electrons. The van der Waals surface area contributed by atoms with Gasteiger partial charge in [-0.3, -0.25) is 0 Å². The van der Waals surface area contributed by atoms with E-state index in [1.54, 1.807) is 6.07 Å². The highest BCUT2D eigenvalue weighted by Crippen LogP contribution is 2.39. The predicted octanol–water partition coefficient (Wildman–Crippen LogP) is 4.45. The van der Waals surface area contributed by atoms with Crippen LogP contribution in [0.1, 0.15) is 33.7 Å². The minimum absolute atomic E-state index is 0.364. The monoisotopic (exact) mass is 264 g/mol. The van der Waals surface area contributed by atoms with E-state index < -0.39 is 0 Å². The van der Waals surface area contributed by atoms with E-state index in [0.29, 0.717) is 11.7 Å². The van der Waals surface area contributed by atoms with E-state index in [-0.39, 0.29) is 0 Å². The molecule has 0 saturated carbocycles. The zero-order valence-corrected chi connectivity index (χ0v) is 12.1. The molecule has 0 fully saturated rings. The zero-order chi connectivity index (χ0) is 14.3. The minimum atomic E-state index is 0.364. The standard InChI is InChI=1S/C19H20O/c1-12-7-8-16(9-13(12)2)17-11-15-5-4-6-19(20)18(15)10-14(17)3/h4-9,17,20H,3,10-11H2,1-2H3/t17-/m0/s1. The molecule has 0 saturated heterocycles. The van der Waals surface area contributed by atoms with Crippen LogP contribution in [-0.4, -0.2) is 5.11 Å². The van der Waals surface area contributed by atoms with Gasteiger partial charge in [-0.2, -0.15) is 0 Å². The fourth-order valence-electron chi connectivity index (χ4n) is 3.07. The highest BCUT2D eigenvalue weighted by atomic mass is 16.3. The molecular weight excluding hydrogens is 244 g/mol. The Labute approximate surface area is 120 Å². The lowest BCUT2D eigenvalue weighted by atomic mass is 9.76. The van der Waals surface area contributed by atoms with Gasteiger partial charge in [-0.25, -0.2) is 0 Å². The maximum Gasteiger partial charge on any atom is 0.119 e. The Morgan fingerprint density at radius 1 is 1.10 bits per heavy atom. The van der Waals surface area contributed by atoms with Gasteiger partial charge in [0.25, 0.3) is 0 Å². The molecule has 1 aliphatic rings. The minimum Gasteiger partial charge on any atom is -0.508 e. The summed E-state index contributed by atoms with van der Waals surface area (Å²) in [5.41, 5.74) is 7.50. The molecule has 0 aliphatic heterocycles. The van der Waals surface area contributed by atoms with Crippen molar-refractivity contribution in [2.75, 3.05) is 0 Å². The topological polar surface area (TPSA) is 20.2 Å². The van der Waals surface area contributed by atoms with Crippen molar-refractivity contribution >= 4 is 0 Å². The number of aromatic hydroxyl groups is 1. The van der Waals surface area contributed by atoms with Crippen LogP contribution in [0.5, 0.6) is 5.75 Å². The van der Waals surface area contributed by atoms with Gasteiger partial charge in [0.2, 0.25) is 0 Å². The van der Waals surface area contributed by atoms with Crippen LogP contribution in [0.3, 0.4) is 0 Å². The molecular formula is C19H20O. The van der Waals surface area contributed by atoms with E-state index in [4.69, 9.17) is 0 Å². The second kappa shape index (κ2) is 4.82. The summed E-state index contributed by atoms with van der Waals surface area (Å²) in [7, 11) is 0. The van der Waals surface area contributed by atoms with Gasteiger partial charge in [0, 0.05) is 11.5 Å². The summed E-state index contributed by atoms with van der Waals surface area (Å²) in [6.07, 6.45) is 1.71. The quantitative estimate of drug-likeness (QED) is 0.755. The molecule has 0 bridgehead atoms. The summed E-state index contributed by atoms with van der Waals surface area (Å²) >= 11 is 0. The van der Waals surface area contributed by atoms with Gasteiger partial charge in [-0.15, -0.1) is 0 Å². The molecule has 0 radical (unpaired) electrons. The van der Waals surface area contributed by atoms with Crippen molar-refractivity contribution in [2.24, 2.45) is 0 Å². The number of fused-ring (bicyclic) bond motifs is 1. The first-order valence-electron chi connectivity index (χ1n) is 7.11. The maximum atomic E-state index is 9.97. The molecule has 3 rings (SSSR count). The average molecular weight is 264 g/mol. The summed E-state index contributed by atoms with van der Waals surface area (Å²) in [6, 6.07) is 12.5. The number of aryl methyl sites for hydroxylation is 2. The number of hydrogen-bond acceptors (Lipinski definition) is 1. The summed E-state index contributed by atoms with van der Waals surface area (Å²) in [4.78, 5) is 0. The van der Waals surface area contributed by atoms with Crippen LogP contribution in [0.25, 0.3) is 0 Å². The number of allylic oxidation sites excluding steroid dienone is 1. The molecule has 2 aromatic carbocycles. The highest BCUT2D eigenvalue weighted by Gasteiger charge is 2.25. The molecule has 0 heterocycles. The van der Waals surface area contributed by atoms with Gasteiger partial charge in [0.1, 0.15) is 5.75 Å². The number of benzene rings is 2. The van der Waals surface area contributed by atoms with Crippen LogP contribution < -0.4 is 0 Å². The highest BCUT2D eigenvalue weighted by molar-refractivity contribution is 5.48. The fourth-order valence-corrected chi connectivity index (χ4v) is 3.07. The van der Waals surface area contributed by atoms with Crippen molar-refractivity contribution in [3.05, 3.63) is 76.4 Å². The van der Waals surface area contributed by atoms with Crippen LogP contribution in [0.2, 0.25) is 0 Å². The largest absolute Gasteiger partial charge is 0.508 e. The van der Waals surface area contributed by atoms with E-state index >= 15 is 0 Å². The molecule has 20 heavy (non-hydrogen) atoms. The van der Waals surface area contributed by atoms with Gasteiger partial charge < -0.3 is 5.11 Å². The number of hydrogen-bond donors (Lipinski definition) is 1. The van der Waals surface area contributed by atoms with Gasteiger partial charge in [0.05, 0.1) is 0 Å². The molecule has 1 N–H and O–H groups in total. The van der Waals surface area contributed by atoms with Gasteiger partial charge in [-0.05, 0) is 55.0 Å². The van der Waals surface area contributed by atoms with Crippen molar-refractivity contribution in [2.45, 2.75) is 32.6 Å². The normalized spacial score (nSPS) is 17.9. The van der Waals surface area contributed by atoms with E-state index in [9.17, 15) is 5.11 Å². The third kappa shape index (κ3) is 2.14. The van der Waals surface area contributed by atoms with E-state index in [0.717, 1.165) is 18.4 Å². The summed E-state index contributed by atoms with van der Waals surface area (Å²) in [5, 5.41) is 9.97. The average Bonchev–Trinajstić information content (AvgIpc) is 2.42. The first-order valence-corrected chi connectivity index (χ1v) is 7.11. The summed E-state index contributed by atoms with van der Waals surface area (Å²) in [6.45, 7) is 8.55. The van der Waals surface area contributed by atoms with Crippen molar-refractivity contribution < 1.29 is 5.11 Å². The molecule has 0 aromatic heterocycles. The molecule has 1 nitrogen and oxygen atoms in total. The zero-order valence-electron chi connectivity index (χ0n) is 12.1. The van der Waals surface area contributed by atoms with Crippen molar-refractivity contribution in [3.63, 3.8) is 0 Å². The van der Waals surface area contributed by atoms with Crippen LogP contribution >= 0.6 is 0 Å². The van der Waals surface area contributed by atoms with Crippen LogP contribution in [0.15, 0.2) is 48.6 Å². The second-order valence-corrected chi connectivity index (χ2v) is 5.85. The van der Waals surface area contributed by atoms with E-state index in [2.05, 4.69) is 44.7 Å². The Hall–Kier alpha value is -2.02. The third-order valence-corrected chi connectivity index (χ3v) is 4.50. The molecule has 1 heteroatoms. The summed E-state index contributed by atoms with van der Waals surface area (Å²) < 4.78 is 0. The molecule has 1 aliphatic carbocycles. The fraction of sp³-hybridized carbons (Fsp3) is 0.263. The van der Waals surface area contributed by atoms with Crippen LogP contribution in [0, 0.1) is 13.8 Å². The Morgan fingerprint density at radius 3 is 2.65 bits per heavy atom. The smallest absolute Gasteiger partial charge is 0.119 e. The first-order chi connectivity index (χ1) is 9.56. The van der Waals surface area contributed by atoms with Crippen LogP contribution in [0.4, 0.5) is 0 Å². The van der Waals surface area contributed by atoms with Crippen molar-refractivity contribution in [1.82, 2.24) is 0 Å². The van der Waals surface area contributed by atoms with Gasteiger partial charge >= 0.3 is 0 Å². The third-order valence-electron chi connectivity index (χ3n) is 4.50. The Kier molecular flexibility index (Phi) is 3.13. The first kappa shape index (κ1) is 13.0. The van der Waals surface area contributed by atoms with Crippen molar-refractivity contribution in [3.8, 4) is 5.75 Å². The SMILES string of the molecule is C=C1Cc2c(O)cccc2C[C@@H]1c1ccc(C)c(C)c1. The Balaban J connectivity index is 2.00. The lowest BCUT2D eigenvalue weighted by Crippen LogP contribution is -2.15.